The van der Waals surface area contributed by atoms with Crippen molar-refractivity contribution < 1.29 is 23.4 Å². The van der Waals surface area contributed by atoms with Crippen LogP contribution in [0.4, 0.5) is 4.39 Å². The zero-order valence-electron chi connectivity index (χ0n) is 15.9. The zero-order valence-corrected chi connectivity index (χ0v) is 15.9. The molecule has 0 aromatic heterocycles. The second-order valence-electron chi connectivity index (χ2n) is 5.81. The SMILES string of the molecule is COc1ccc([C@@H](C)NC(=O)/C=C/c2ccc(OCC#N)c(OC)c2)cc1F. The number of nitrogens with one attached hydrogen (secondary N) is 1. The Morgan fingerprint density at radius 3 is 2.54 bits per heavy atom. The average molecular weight is 384 g/mol. The minimum atomic E-state index is -0.484. The summed E-state index contributed by atoms with van der Waals surface area (Å²) in [4.78, 5) is 12.2. The van der Waals surface area contributed by atoms with Crippen molar-refractivity contribution in [3.63, 3.8) is 0 Å². The molecule has 0 saturated carbocycles. The summed E-state index contributed by atoms with van der Waals surface area (Å²) >= 11 is 0. The first-order valence-electron chi connectivity index (χ1n) is 8.48. The maximum atomic E-state index is 13.8. The molecule has 0 aliphatic rings. The van der Waals surface area contributed by atoms with Crippen molar-refractivity contribution >= 4 is 12.0 Å². The van der Waals surface area contributed by atoms with Gasteiger partial charge >= 0.3 is 0 Å². The van der Waals surface area contributed by atoms with Gasteiger partial charge in [0.05, 0.1) is 20.3 Å². The molecule has 0 saturated heterocycles. The first-order chi connectivity index (χ1) is 13.5. The molecule has 28 heavy (non-hydrogen) atoms. The van der Waals surface area contributed by atoms with Crippen molar-refractivity contribution in [1.82, 2.24) is 5.32 Å². The molecule has 0 unspecified atom stereocenters. The number of nitriles is 1. The molecule has 0 aliphatic heterocycles. The fourth-order valence-electron chi connectivity index (χ4n) is 2.49. The molecule has 6 nitrogen and oxygen atoms in total. The summed E-state index contributed by atoms with van der Waals surface area (Å²) < 4.78 is 29.2. The number of rotatable bonds is 8. The molecule has 2 rings (SSSR count). The molecule has 1 amide bonds. The third-order valence-corrected chi connectivity index (χ3v) is 3.94. The van der Waals surface area contributed by atoms with Crippen LogP contribution in [0.3, 0.4) is 0 Å². The van der Waals surface area contributed by atoms with E-state index in [1.54, 1.807) is 37.3 Å². The summed E-state index contributed by atoms with van der Waals surface area (Å²) in [6.45, 7) is 1.68. The van der Waals surface area contributed by atoms with Crippen molar-refractivity contribution in [2.45, 2.75) is 13.0 Å². The zero-order chi connectivity index (χ0) is 20.5. The minimum absolute atomic E-state index is 0.0855. The van der Waals surface area contributed by atoms with Crippen LogP contribution in [0.25, 0.3) is 6.08 Å². The Morgan fingerprint density at radius 2 is 1.89 bits per heavy atom. The predicted molar refractivity (Wildman–Crippen MR) is 103 cm³/mol. The number of methoxy groups -OCH3 is 2. The summed E-state index contributed by atoms with van der Waals surface area (Å²) in [5.74, 6) is 0.244. The Bertz CT molecular complexity index is 906. The molecule has 0 heterocycles. The van der Waals surface area contributed by atoms with E-state index in [2.05, 4.69) is 5.32 Å². The minimum Gasteiger partial charge on any atom is -0.494 e. The highest BCUT2D eigenvalue weighted by Gasteiger charge is 2.11. The van der Waals surface area contributed by atoms with E-state index >= 15 is 0 Å². The second kappa shape index (κ2) is 9.97. The summed E-state index contributed by atoms with van der Waals surface area (Å²) in [7, 11) is 2.88. The van der Waals surface area contributed by atoms with E-state index in [0.717, 1.165) is 5.56 Å². The van der Waals surface area contributed by atoms with Gasteiger partial charge < -0.3 is 19.5 Å². The third-order valence-electron chi connectivity index (χ3n) is 3.94. The first-order valence-corrected chi connectivity index (χ1v) is 8.48. The van der Waals surface area contributed by atoms with Crippen LogP contribution in [-0.2, 0) is 4.79 Å². The van der Waals surface area contributed by atoms with E-state index in [1.807, 2.05) is 6.07 Å². The highest BCUT2D eigenvalue weighted by atomic mass is 19.1. The average Bonchev–Trinajstić information content (AvgIpc) is 2.70. The van der Waals surface area contributed by atoms with Gasteiger partial charge in [-0.05, 0) is 48.4 Å². The second-order valence-corrected chi connectivity index (χ2v) is 5.81. The van der Waals surface area contributed by atoms with E-state index in [-0.39, 0.29) is 24.3 Å². The van der Waals surface area contributed by atoms with E-state index in [0.29, 0.717) is 17.1 Å². The molecule has 1 atom stereocenters. The summed E-state index contributed by atoms with van der Waals surface area (Å²) in [5.41, 5.74) is 1.35. The van der Waals surface area contributed by atoms with Crippen molar-refractivity contribution in [3.05, 3.63) is 59.4 Å². The molecule has 0 spiro atoms. The molecule has 0 bridgehead atoms. The van der Waals surface area contributed by atoms with E-state index in [1.165, 1.54) is 32.4 Å². The van der Waals surface area contributed by atoms with E-state index < -0.39 is 5.82 Å². The number of carbonyl (C=O) groups excluding carboxylic acids is 1. The van der Waals surface area contributed by atoms with Crippen LogP contribution in [0.1, 0.15) is 24.1 Å². The maximum Gasteiger partial charge on any atom is 0.244 e. The summed E-state index contributed by atoms with van der Waals surface area (Å²) in [6, 6.07) is 11.1. The maximum absolute atomic E-state index is 13.8. The van der Waals surface area contributed by atoms with Gasteiger partial charge in [-0.1, -0.05) is 12.1 Å². The van der Waals surface area contributed by atoms with Gasteiger partial charge in [-0.2, -0.15) is 5.26 Å². The third kappa shape index (κ3) is 5.48. The predicted octanol–water partition coefficient (Wildman–Crippen LogP) is 3.64. The van der Waals surface area contributed by atoms with Crippen LogP contribution in [-0.4, -0.2) is 26.7 Å². The van der Waals surface area contributed by atoms with Crippen LogP contribution < -0.4 is 19.5 Å². The number of benzene rings is 2. The summed E-state index contributed by atoms with van der Waals surface area (Å²) in [6.07, 6.45) is 2.99. The highest BCUT2D eigenvalue weighted by molar-refractivity contribution is 5.92. The number of ether oxygens (including phenoxy) is 3. The largest absolute Gasteiger partial charge is 0.494 e. The van der Waals surface area contributed by atoms with Crippen LogP contribution in [0.15, 0.2) is 42.5 Å². The highest BCUT2D eigenvalue weighted by Crippen LogP contribution is 2.28. The topological polar surface area (TPSA) is 80.6 Å². The Hall–Kier alpha value is -3.53. The monoisotopic (exact) mass is 384 g/mol. The lowest BCUT2D eigenvalue weighted by Crippen LogP contribution is -2.24. The molecule has 0 fully saturated rings. The van der Waals surface area contributed by atoms with Crippen LogP contribution in [0.2, 0.25) is 0 Å². The van der Waals surface area contributed by atoms with Crippen molar-refractivity contribution in [2.24, 2.45) is 0 Å². The molecule has 0 aliphatic carbocycles. The Balaban J connectivity index is 2.03. The van der Waals surface area contributed by atoms with E-state index in [9.17, 15) is 9.18 Å². The quantitative estimate of drug-likeness (QED) is 0.703. The lowest BCUT2D eigenvalue weighted by atomic mass is 10.1. The van der Waals surface area contributed by atoms with Crippen LogP contribution in [0.5, 0.6) is 17.2 Å². The molecular formula is C21H21FN2O4. The van der Waals surface area contributed by atoms with Gasteiger partial charge in [-0.15, -0.1) is 0 Å². The lowest BCUT2D eigenvalue weighted by molar-refractivity contribution is -0.117. The number of carbonyl (C=O) groups is 1. The lowest BCUT2D eigenvalue weighted by Gasteiger charge is -2.14. The Labute approximate surface area is 163 Å². The molecule has 1 N–H and O–H groups in total. The standard InChI is InChI=1S/C21H21FN2O4/c1-14(16-6-8-18(26-2)17(22)13-16)24-21(25)9-5-15-4-7-19(28-11-10-23)20(12-15)27-3/h4-9,12-14H,11H2,1-3H3,(H,24,25)/b9-5+/t14-/m1/s1. The Kier molecular flexibility index (Phi) is 7.40. The van der Waals surface area contributed by atoms with Gasteiger partial charge in [0.1, 0.15) is 6.07 Å². The smallest absolute Gasteiger partial charge is 0.244 e. The first kappa shape index (κ1) is 20.8. The number of nitrogens with zero attached hydrogens (tertiary/aromatic N) is 1. The van der Waals surface area contributed by atoms with Gasteiger partial charge in [0.25, 0.3) is 0 Å². The molecule has 2 aromatic rings. The van der Waals surface area contributed by atoms with Crippen molar-refractivity contribution in [1.29, 1.82) is 5.26 Å². The summed E-state index contributed by atoms with van der Waals surface area (Å²) in [5, 5.41) is 11.4. The van der Waals surface area contributed by atoms with E-state index in [4.69, 9.17) is 19.5 Å². The van der Waals surface area contributed by atoms with Gasteiger partial charge in [0, 0.05) is 6.08 Å². The molecule has 7 heteroatoms. The van der Waals surface area contributed by atoms with Gasteiger partial charge in [0.15, 0.2) is 29.7 Å². The Morgan fingerprint density at radius 1 is 1.18 bits per heavy atom. The van der Waals surface area contributed by atoms with Gasteiger partial charge in [-0.3, -0.25) is 4.79 Å². The normalized spacial score (nSPS) is 11.5. The van der Waals surface area contributed by atoms with Crippen molar-refractivity contribution in [3.8, 4) is 23.3 Å². The number of hydrogen-bond donors (Lipinski definition) is 1. The fraction of sp³-hybridized carbons (Fsp3) is 0.238. The number of hydrogen-bond acceptors (Lipinski definition) is 5. The molecule has 0 radical (unpaired) electrons. The molecule has 146 valence electrons. The number of amides is 1. The number of halogens is 1. The van der Waals surface area contributed by atoms with Crippen LogP contribution >= 0.6 is 0 Å². The molecular weight excluding hydrogens is 363 g/mol. The molecule has 2 aromatic carbocycles. The van der Waals surface area contributed by atoms with Crippen LogP contribution in [0, 0.1) is 17.1 Å². The fourth-order valence-corrected chi connectivity index (χ4v) is 2.49. The van der Waals surface area contributed by atoms with Gasteiger partial charge in [-0.25, -0.2) is 4.39 Å². The van der Waals surface area contributed by atoms with Crippen molar-refractivity contribution in [2.75, 3.05) is 20.8 Å². The van der Waals surface area contributed by atoms with Gasteiger partial charge in [0.2, 0.25) is 5.91 Å².